The summed E-state index contributed by atoms with van der Waals surface area (Å²) in [6.07, 6.45) is 3.83. The predicted molar refractivity (Wildman–Crippen MR) is 73.1 cm³/mol. The number of rotatable bonds is 1. The SMILES string of the molecule is CSc1nc2c(s1)N(C)C(Cl)c1ncn(C)c1-2. The van der Waals surface area contributed by atoms with Gasteiger partial charge in [0.2, 0.25) is 0 Å². The van der Waals surface area contributed by atoms with Crippen molar-refractivity contribution in [1.29, 1.82) is 0 Å². The highest BCUT2D eigenvalue weighted by Gasteiger charge is 2.33. The molecule has 0 saturated carbocycles. The Morgan fingerprint density at radius 3 is 2.94 bits per heavy atom. The predicted octanol–water partition coefficient (Wildman–Crippen LogP) is 2.95. The normalized spacial score (nSPS) is 18.1. The third kappa shape index (κ3) is 1.51. The molecule has 4 nitrogen and oxygen atoms in total. The number of thioether (sulfide) groups is 1. The number of hydrogen-bond donors (Lipinski definition) is 0. The molecule has 0 N–H and O–H groups in total. The summed E-state index contributed by atoms with van der Waals surface area (Å²) in [6.45, 7) is 0. The molecule has 17 heavy (non-hydrogen) atoms. The van der Waals surface area contributed by atoms with E-state index in [-0.39, 0.29) is 5.50 Å². The van der Waals surface area contributed by atoms with Gasteiger partial charge in [-0.15, -0.1) is 0 Å². The summed E-state index contributed by atoms with van der Waals surface area (Å²) in [5.74, 6) is 0. The van der Waals surface area contributed by atoms with Gasteiger partial charge in [-0.3, -0.25) is 0 Å². The number of alkyl halides is 1. The molecule has 1 aliphatic rings. The van der Waals surface area contributed by atoms with E-state index in [0.717, 1.165) is 26.4 Å². The van der Waals surface area contributed by atoms with Gasteiger partial charge in [-0.2, -0.15) is 0 Å². The van der Waals surface area contributed by atoms with Crippen LogP contribution in [-0.2, 0) is 7.05 Å². The zero-order valence-electron chi connectivity index (χ0n) is 9.64. The van der Waals surface area contributed by atoms with Gasteiger partial charge in [-0.25, -0.2) is 9.97 Å². The van der Waals surface area contributed by atoms with Gasteiger partial charge >= 0.3 is 0 Å². The van der Waals surface area contributed by atoms with Crippen molar-refractivity contribution in [2.24, 2.45) is 7.05 Å². The highest BCUT2D eigenvalue weighted by atomic mass is 35.5. The average Bonchev–Trinajstić information content (AvgIpc) is 2.89. The molecular weight excluding hydrogens is 276 g/mol. The van der Waals surface area contributed by atoms with Crippen molar-refractivity contribution < 1.29 is 0 Å². The van der Waals surface area contributed by atoms with E-state index >= 15 is 0 Å². The first-order chi connectivity index (χ1) is 8.13. The van der Waals surface area contributed by atoms with E-state index in [4.69, 9.17) is 11.6 Å². The Labute approximate surface area is 113 Å². The van der Waals surface area contributed by atoms with Gasteiger partial charge in [-0.05, 0) is 6.26 Å². The van der Waals surface area contributed by atoms with Gasteiger partial charge < -0.3 is 9.47 Å². The molecule has 0 aromatic carbocycles. The number of hydrogen-bond acceptors (Lipinski definition) is 5. The van der Waals surface area contributed by atoms with Crippen molar-refractivity contribution in [1.82, 2.24) is 14.5 Å². The molecule has 7 heteroatoms. The van der Waals surface area contributed by atoms with Gasteiger partial charge in [0.25, 0.3) is 0 Å². The summed E-state index contributed by atoms with van der Waals surface area (Å²) < 4.78 is 3.04. The lowest BCUT2D eigenvalue weighted by atomic mass is 10.2. The minimum atomic E-state index is -0.214. The Morgan fingerprint density at radius 2 is 2.24 bits per heavy atom. The van der Waals surface area contributed by atoms with Crippen LogP contribution in [0.3, 0.4) is 0 Å². The number of imidazole rings is 1. The first-order valence-corrected chi connectivity index (χ1v) is 7.54. The Balaban J connectivity index is 2.28. The third-order valence-electron chi connectivity index (χ3n) is 2.84. The van der Waals surface area contributed by atoms with Crippen molar-refractivity contribution in [3.8, 4) is 11.4 Å². The number of aryl methyl sites for hydroxylation is 1. The van der Waals surface area contributed by atoms with E-state index in [1.165, 1.54) is 0 Å². The fourth-order valence-electron chi connectivity index (χ4n) is 1.97. The second-order valence-corrected chi connectivity index (χ2v) is 6.32. The van der Waals surface area contributed by atoms with Gasteiger partial charge in [0.1, 0.15) is 21.9 Å². The zero-order chi connectivity index (χ0) is 12.2. The zero-order valence-corrected chi connectivity index (χ0v) is 12.0. The topological polar surface area (TPSA) is 34.0 Å². The van der Waals surface area contributed by atoms with E-state index in [1.54, 1.807) is 29.4 Å². The molecule has 0 amide bonds. The summed E-state index contributed by atoms with van der Waals surface area (Å²) >= 11 is 9.75. The van der Waals surface area contributed by atoms with Crippen LogP contribution >= 0.6 is 34.7 Å². The number of thiazole rings is 1. The minimum Gasteiger partial charge on any atom is -0.343 e. The van der Waals surface area contributed by atoms with Crippen molar-refractivity contribution >= 4 is 39.7 Å². The van der Waals surface area contributed by atoms with E-state index in [1.807, 2.05) is 29.8 Å². The van der Waals surface area contributed by atoms with E-state index < -0.39 is 0 Å². The molecule has 1 aliphatic heterocycles. The molecule has 3 heterocycles. The third-order valence-corrected chi connectivity index (χ3v) is 5.47. The van der Waals surface area contributed by atoms with Gasteiger partial charge in [0.05, 0.1) is 12.0 Å². The van der Waals surface area contributed by atoms with Crippen LogP contribution in [0, 0.1) is 0 Å². The van der Waals surface area contributed by atoms with Crippen LogP contribution in [0.1, 0.15) is 11.2 Å². The fraction of sp³-hybridized carbons (Fsp3) is 0.400. The Morgan fingerprint density at radius 1 is 1.47 bits per heavy atom. The lowest BCUT2D eigenvalue weighted by Gasteiger charge is -2.28. The Bertz CT molecular complexity index is 577. The van der Waals surface area contributed by atoms with Gasteiger partial charge in [0, 0.05) is 14.1 Å². The standard InChI is InChI=1S/C10H11ClN4S2/c1-14-4-12-5-7(14)6-9(15(2)8(5)11)17-10(13-6)16-3/h4,8H,1-3H3. The molecule has 0 spiro atoms. The molecule has 90 valence electrons. The summed E-state index contributed by atoms with van der Waals surface area (Å²) in [6, 6.07) is 0. The number of fused-ring (bicyclic) bond motifs is 3. The molecule has 0 radical (unpaired) electrons. The van der Waals surface area contributed by atoms with Crippen molar-refractivity contribution in [3.05, 3.63) is 12.0 Å². The lowest BCUT2D eigenvalue weighted by molar-refractivity contribution is 0.844. The first kappa shape index (κ1) is 11.4. The van der Waals surface area contributed by atoms with Crippen LogP contribution in [0.5, 0.6) is 0 Å². The maximum absolute atomic E-state index is 6.41. The van der Waals surface area contributed by atoms with Crippen molar-refractivity contribution in [3.63, 3.8) is 0 Å². The maximum Gasteiger partial charge on any atom is 0.152 e. The maximum atomic E-state index is 6.41. The molecule has 0 bridgehead atoms. The van der Waals surface area contributed by atoms with E-state index in [9.17, 15) is 0 Å². The van der Waals surface area contributed by atoms with Crippen LogP contribution in [0.15, 0.2) is 10.7 Å². The summed E-state index contributed by atoms with van der Waals surface area (Å²) in [4.78, 5) is 11.0. The van der Waals surface area contributed by atoms with Crippen LogP contribution < -0.4 is 4.90 Å². The van der Waals surface area contributed by atoms with E-state index in [2.05, 4.69) is 9.97 Å². The molecule has 2 aromatic heterocycles. The highest BCUT2D eigenvalue weighted by molar-refractivity contribution is 8.00. The smallest absolute Gasteiger partial charge is 0.152 e. The summed E-state index contributed by atoms with van der Waals surface area (Å²) in [7, 11) is 3.96. The van der Waals surface area contributed by atoms with Crippen LogP contribution in [-0.4, -0.2) is 27.8 Å². The fourth-order valence-corrected chi connectivity index (χ4v) is 3.83. The number of aromatic nitrogens is 3. The molecule has 1 atom stereocenters. The Kier molecular flexibility index (Phi) is 2.61. The Hall–Kier alpha value is -0.720. The average molecular weight is 287 g/mol. The van der Waals surface area contributed by atoms with Crippen LogP contribution in [0.2, 0.25) is 0 Å². The molecule has 0 aliphatic carbocycles. The molecule has 0 saturated heterocycles. The minimum absolute atomic E-state index is 0.214. The molecule has 1 unspecified atom stereocenters. The molecule has 0 fully saturated rings. The van der Waals surface area contributed by atoms with Crippen molar-refractivity contribution in [2.75, 3.05) is 18.2 Å². The molecule has 2 aromatic rings. The van der Waals surface area contributed by atoms with Gasteiger partial charge in [-0.1, -0.05) is 34.7 Å². The second-order valence-electron chi connectivity index (χ2n) is 3.87. The van der Waals surface area contributed by atoms with E-state index in [0.29, 0.717) is 0 Å². The van der Waals surface area contributed by atoms with Gasteiger partial charge in [0.15, 0.2) is 4.34 Å². The number of anilines is 1. The lowest BCUT2D eigenvalue weighted by Crippen LogP contribution is -2.24. The molecular formula is C10H11ClN4S2. The molecule has 3 rings (SSSR count). The monoisotopic (exact) mass is 286 g/mol. The van der Waals surface area contributed by atoms with Crippen LogP contribution in [0.4, 0.5) is 5.00 Å². The number of nitrogens with zero attached hydrogens (tertiary/aromatic N) is 4. The highest BCUT2D eigenvalue weighted by Crippen LogP contribution is 2.48. The second kappa shape index (κ2) is 3.90. The quantitative estimate of drug-likeness (QED) is 0.459. The summed E-state index contributed by atoms with van der Waals surface area (Å²) in [5, 5.41) is 1.12. The summed E-state index contributed by atoms with van der Waals surface area (Å²) in [5.41, 5.74) is 2.71. The van der Waals surface area contributed by atoms with Crippen LogP contribution in [0.25, 0.3) is 11.4 Å². The largest absolute Gasteiger partial charge is 0.343 e. The number of halogens is 1. The van der Waals surface area contributed by atoms with Crippen molar-refractivity contribution in [2.45, 2.75) is 9.84 Å². The first-order valence-electron chi connectivity index (χ1n) is 5.06.